The van der Waals surface area contributed by atoms with Crippen molar-refractivity contribution < 1.29 is 9.47 Å². The van der Waals surface area contributed by atoms with Gasteiger partial charge in [-0.2, -0.15) is 0 Å². The predicted octanol–water partition coefficient (Wildman–Crippen LogP) is 2.94. The lowest BCUT2D eigenvalue weighted by atomic mass is 9.88. The van der Waals surface area contributed by atoms with E-state index < -0.39 is 0 Å². The summed E-state index contributed by atoms with van der Waals surface area (Å²) < 4.78 is 11.1. The quantitative estimate of drug-likeness (QED) is 0.745. The fourth-order valence-electron chi connectivity index (χ4n) is 2.03. The molecular weight excluding hydrogens is 214 g/mol. The van der Waals surface area contributed by atoms with Crippen molar-refractivity contribution in [3.63, 3.8) is 0 Å². The van der Waals surface area contributed by atoms with Gasteiger partial charge in [-0.15, -0.1) is 0 Å². The van der Waals surface area contributed by atoms with Crippen molar-refractivity contribution in [1.29, 1.82) is 0 Å². The van der Waals surface area contributed by atoms with Crippen LogP contribution in [0.2, 0.25) is 0 Å². The standard InChI is InChI=1S/C14H29NO2/c1-5-8-15-12(6-7-14(2,3)4)11-13-16-9-10-17-13/h12-13,15H,5-11H2,1-4H3. The maximum absolute atomic E-state index is 5.53. The zero-order valence-electron chi connectivity index (χ0n) is 11.9. The van der Waals surface area contributed by atoms with Crippen molar-refractivity contribution >= 4 is 0 Å². The Hall–Kier alpha value is -0.120. The highest BCUT2D eigenvalue weighted by atomic mass is 16.7. The molecule has 0 spiro atoms. The van der Waals surface area contributed by atoms with Gasteiger partial charge in [0.05, 0.1) is 13.2 Å². The molecule has 1 heterocycles. The van der Waals surface area contributed by atoms with Gasteiger partial charge in [0.15, 0.2) is 6.29 Å². The molecule has 1 fully saturated rings. The van der Waals surface area contributed by atoms with Crippen molar-refractivity contribution in [2.75, 3.05) is 19.8 Å². The third kappa shape index (κ3) is 7.02. The van der Waals surface area contributed by atoms with Gasteiger partial charge in [0.1, 0.15) is 0 Å². The zero-order valence-corrected chi connectivity index (χ0v) is 11.9. The van der Waals surface area contributed by atoms with Crippen LogP contribution in [-0.4, -0.2) is 32.1 Å². The summed E-state index contributed by atoms with van der Waals surface area (Å²) in [6, 6.07) is 0.525. The highest BCUT2D eigenvalue weighted by Gasteiger charge is 2.22. The first-order chi connectivity index (χ1) is 8.01. The first kappa shape index (κ1) is 14.9. The average Bonchev–Trinajstić information content (AvgIpc) is 2.73. The molecule has 0 aromatic carbocycles. The topological polar surface area (TPSA) is 30.5 Å². The summed E-state index contributed by atoms with van der Waals surface area (Å²) in [7, 11) is 0. The van der Waals surface area contributed by atoms with Crippen LogP contribution < -0.4 is 5.32 Å². The summed E-state index contributed by atoms with van der Waals surface area (Å²) in [6.45, 7) is 11.7. The lowest BCUT2D eigenvalue weighted by Crippen LogP contribution is -2.34. The lowest BCUT2D eigenvalue weighted by molar-refractivity contribution is -0.0536. The molecule has 1 aliphatic heterocycles. The molecule has 1 unspecified atom stereocenters. The van der Waals surface area contributed by atoms with E-state index in [1.807, 2.05) is 0 Å². The summed E-state index contributed by atoms with van der Waals surface area (Å²) >= 11 is 0. The number of rotatable bonds is 7. The maximum Gasteiger partial charge on any atom is 0.159 e. The Bertz CT molecular complexity index is 195. The van der Waals surface area contributed by atoms with Gasteiger partial charge in [0.2, 0.25) is 0 Å². The highest BCUT2D eigenvalue weighted by Crippen LogP contribution is 2.23. The summed E-state index contributed by atoms with van der Waals surface area (Å²) in [6.07, 6.45) is 4.62. The van der Waals surface area contributed by atoms with Crippen molar-refractivity contribution in [1.82, 2.24) is 5.32 Å². The summed E-state index contributed by atoms with van der Waals surface area (Å²) in [5.41, 5.74) is 0.406. The van der Waals surface area contributed by atoms with Crippen molar-refractivity contribution in [2.24, 2.45) is 5.41 Å². The molecule has 1 atom stereocenters. The average molecular weight is 243 g/mol. The fraction of sp³-hybridized carbons (Fsp3) is 1.00. The predicted molar refractivity (Wildman–Crippen MR) is 71.1 cm³/mol. The van der Waals surface area contributed by atoms with Crippen LogP contribution in [0.5, 0.6) is 0 Å². The minimum absolute atomic E-state index is 0.0179. The molecule has 1 saturated heterocycles. The molecular formula is C14H29NO2. The summed E-state index contributed by atoms with van der Waals surface area (Å²) in [5.74, 6) is 0. The first-order valence-electron chi connectivity index (χ1n) is 6.98. The van der Waals surface area contributed by atoms with E-state index in [2.05, 4.69) is 33.0 Å². The Morgan fingerprint density at radius 1 is 1.24 bits per heavy atom. The lowest BCUT2D eigenvalue weighted by Gasteiger charge is -2.25. The van der Waals surface area contributed by atoms with Crippen LogP contribution in [0.15, 0.2) is 0 Å². The van der Waals surface area contributed by atoms with Crippen LogP contribution >= 0.6 is 0 Å². The SMILES string of the molecule is CCCNC(CCC(C)(C)C)CC1OCCO1. The van der Waals surface area contributed by atoms with E-state index in [9.17, 15) is 0 Å². The van der Waals surface area contributed by atoms with Gasteiger partial charge in [0, 0.05) is 12.5 Å². The molecule has 0 radical (unpaired) electrons. The van der Waals surface area contributed by atoms with Crippen molar-refractivity contribution in [3.8, 4) is 0 Å². The third-order valence-corrected chi connectivity index (χ3v) is 3.09. The van der Waals surface area contributed by atoms with Crippen molar-refractivity contribution in [2.45, 2.75) is 65.7 Å². The van der Waals surface area contributed by atoms with E-state index in [1.165, 1.54) is 19.3 Å². The molecule has 0 saturated carbocycles. The molecule has 1 aliphatic rings. The largest absolute Gasteiger partial charge is 0.350 e. The molecule has 3 heteroatoms. The fourth-order valence-corrected chi connectivity index (χ4v) is 2.03. The third-order valence-electron chi connectivity index (χ3n) is 3.09. The van der Waals surface area contributed by atoms with Crippen LogP contribution in [0, 0.1) is 5.41 Å². The van der Waals surface area contributed by atoms with Gasteiger partial charge < -0.3 is 14.8 Å². The Morgan fingerprint density at radius 3 is 2.41 bits per heavy atom. The molecule has 102 valence electrons. The van der Waals surface area contributed by atoms with E-state index in [-0.39, 0.29) is 6.29 Å². The van der Waals surface area contributed by atoms with Gasteiger partial charge in [-0.25, -0.2) is 0 Å². The molecule has 0 bridgehead atoms. The van der Waals surface area contributed by atoms with Crippen LogP contribution in [-0.2, 0) is 9.47 Å². The second-order valence-electron chi connectivity index (χ2n) is 6.16. The van der Waals surface area contributed by atoms with Crippen molar-refractivity contribution in [3.05, 3.63) is 0 Å². The minimum atomic E-state index is 0.0179. The molecule has 0 aromatic rings. The van der Waals surface area contributed by atoms with Gasteiger partial charge in [-0.1, -0.05) is 27.7 Å². The number of nitrogens with one attached hydrogen (secondary N) is 1. The Balaban J connectivity index is 2.30. The van der Waals surface area contributed by atoms with E-state index in [4.69, 9.17) is 9.47 Å². The maximum atomic E-state index is 5.53. The van der Waals surface area contributed by atoms with Crippen LogP contribution in [0.4, 0.5) is 0 Å². The molecule has 0 aromatic heterocycles. The van der Waals surface area contributed by atoms with E-state index in [0.29, 0.717) is 11.5 Å². The monoisotopic (exact) mass is 243 g/mol. The summed E-state index contributed by atoms with van der Waals surface area (Å²) in [5, 5.41) is 3.61. The Kier molecular flexibility index (Phi) is 6.45. The van der Waals surface area contributed by atoms with E-state index >= 15 is 0 Å². The van der Waals surface area contributed by atoms with Crippen LogP contribution in [0.3, 0.4) is 0 Å². The van der Waals surface area contributed by atoms with Crippen LogP contribution in [0.25, 0.3) is 0 Å². The van der Waals surface area contributed by atoms with Gasteiger partial charge in [0.25, 0.3) is 0 Å². The van der Waals surface area contributed by atoms with Gasteiger partial charge in [-0.05, 0) is 31.2 Å². The van der Waals surface area contributed by atoms with E-state index in [0.717, 1.165) is 26.2 Å². The van der Waals surface area contributed by atoms with E-state index in [1.54, 1.807) is 0 Å². The molecule has 1 N–H and O–H groups in total. The molecule has 0 aliphatic carbocycles. The van der Waals surface area contributed by atoms with Gasteiger partial charge in [-0.3, -0.25) is 0 Å². The second-order valence-corrected chi connectivity index (χ2v) is 6.16. The zero-order chi connectivity index (χ0) is 12.7. The smallest absolute Gasteiger partial charge is 0.159 e. The molecule has 3 nitrogen and oxygen atoms in total. The Labute approximate surface area is 106 Å². The number of hydrogen-bond acceptors (Lipinski definition) is 3. The number of ether oxygens (including phenoxy) is 2. The normalized spacial score (nSPS) is 19.8. The first-order valence-corrected chi connectivity index (χ1v) is 6.98. The van der Waals surface area contributed by atoms with Gasteiger partial charge >= 0.3 is 0 Å². The van der Waals surface area contributed by atoms with Crippen LogP contribution in [0.1, 0.15) is 53.4 Å². The molecule has 17 heavy (non-hydrogen) atoms. The summed E-state index contributed by atoms with van der Waals surface area (Å²) in [4.78, 5) is 0. The molecule has 0 amide bonds. The highest BCUT2D eigenvalue weighted by molar-refractivity contribution is 4.73. The second kappa shape index (κ2) is 7.34. The molecule has 1 rings (SSSR count). The number of hydrogen-bond donors (Lipinski definition) is 1. The minimum Gasteiger partial charge on any atom is -0.350 e. The Morgan fingerprint density at radius 2 is 1.88 bits per heavy atom.